The minimum atomic E-state index is -1.09. The maximum absolute atomic E-state index is 13.5. The highest BCUT2D eigenvalue weighted by Crippen LogP contribution is 2.23. The zero-order chi connectivity index (χ0) is 16.3. The topological polar surface area (TPSA) is 76.1 Å². The fourth-order valence-corrected chi connectivity index (χ4v) is 2.46. The van der Waals surface area contributed by atoms with E-state index in [0.29, 0.717) is 0 Å². The lowest BCUT2D eigenvalue weighted by Gasteiger charge is -2.25. The Balaban J connectivity index is 2.09. The molecule has 7 heteroatoms. The molecule has 1 N–H and O–H groups in total. The molecular formula is C15H18FNO5. The summed E-state index contributed by atoms with van der Waals surface area (Å²) in [5, 5.41) is 9.21. The Bertz CT molecular complexity index is 565. The Morgan fingerprint density at radius 2 is 2.09 bits per heavy atom. The van der Waals surface area contributed by atoms with Gasteiger partial charge in [0.1, 0.15) is 6.04 Å². The van der Waals surface area contributed by atoms with Gasteiger partial charge in [-0.25, -0.2) is 9.18 Å². The van der Waals surface area contributed by atoms with Gasteiger partial charge in [-0.2, -0.15) is 0 Å². The zero-order valence-electron chi connectivity index (χ0n) is 12.4. The van der Waals surface area contributed by atoms with E-state index in [1.54, 1.807) is 6.07 Å². The Labute approximate surface area is 127 Å². The largest absolute Gasteiger partial charge is 0.480 e. The van der Waals surface area contributed by atoms with Crippen molar-refractivity contribution in [1.82, 2.24) is 4.90 Å². The van der Waals surface area contributed by atoms with E-state index in [9.17, 15) is 19.1 Å². The summed E-state index contributed by atoms with van der Waals surface area (Å²) >= 11 is 0. The van der Waals surface area contributed by atoms with Crippen molar-refractivity contribution in [3.63, 3.8) is 0 Å². The van der Waals surface area contributed by atoms with Crippen LogP contribution in [0.25, 0.3) is 0 Å². The van der Waals surface area contributed by atoms with Gasteiger partial charge in [0.15, 0.2) is 17.7 Å². The van der Waals surface area contributed by atoms with Crippen LogP contribution in [0.1, 0.15) is 13.3 Å². The summed E-state index contributed by atoms with van der Waals surface area (Å²) < 4.78 is 24.0. The van der Waals surface area contributed by atoms with Gasteiger partial charge in [0.2, 0.25) is 0 Å². The number of methoxy groups -OCH3 is 1. The molecule has 2 rings (SSSR count). The third-order valence-electron chi connectivity index (χ3n) is 3.65. The van der Waals surface area contributed by atoms with E-state index in [4.69, 9.17) is 9.47 Å². The number of carboxylic acid groups (broad SMARTS) is 1. The van der Waals surface area contributed by atoms with Gasteiger partial charge in [-0.3, -0.25) is 4.79 Å². The molecule has 6 nitrogen and oxygen atoms in total. The Kier molecular flexibility index (Phi) is 4.97. The summed E-state index contributed by atoms with van der Waals surface area (Å²) in [7, 11) is 1.47. The van der Waals surface area contributed by atoms with Crippen LogP contribution in [0.5, 0.6) is 5.75 Å². The highest BCUT2D eigenvalue weighted by Gasteiger charge is 2.41. The van der Waals surface area contributed by atoms with Crippen LogP contribution in [0.4, 0.5) is 4.39 Å². The first-order valence-corrected chi connectivity index (χ1v) is 6.91. The number of amides is 1. The number of carboxylic acids is 1. The molecule has 1 saturated heterocycles. The summed E-state index contributed by atoms with van der Waals surface area (Å²) in [6, 6.07) is 4.79. The maximum atomic E-state index is 13.5. The van der Waals surface area contributed by atoms with E-state index in [1.165, 1.54) is 37.1 Å². The van der Waals surface area contributed by atoms with Crippen LogP contribution >= 0.6 is 0 Å². The van der Waals surface area contributed by atoms with E-state index >= 15 is 0 Å². The SMILES string of the molecule is COC1CC(C(=O)O)N(C(=O)C(C)Oc2ccccc2F)C1. The molecule has 1 heterocycles. The van der Waals surface area contributed by atoms with E-state index in [2.05, 4.69) is 0 Å². The van der Waals surface area contributed by atoms with Gasteiger partial charge in [-0.05, 0) is 19.1 Å². The first kappa shape index (κ1) is 16.2. The lowest BCUT2D eigenvalue weighted by Crippen LogP contribution is -2.46. The smallest absolute Gasteiger partial charge is 0.326 e. The van der Waals surface area contributed by atoms with Crippen LogP contribution in [0.2, 0.25) is 0 Å². The number of rotatable bonds is 5. The van der Waals surface area contributed by atoms with Crippen LogP contribution in [0.3, 0.4) is 0 Å². The van der Waals surface area contributed by atoms with Gasteiger partial charge < -0.3 is 19.5 Å². The Morgan fingerprint density at radius 1 is 1.41 bits per heavy atom. The third kappa shape index (κ3) is 3.36. The zero-order valence-corrected chi connectivity index (χ0v) is 12.4. The van der Waals surface area contributed by atoms with Crippen molar-refractivity contribution in [2.45, 2.75) is 31.6 Å². The van der Waals surface area contributed by atoms with Crippen molar-refractivity contribution in [3.05, 3.63) is 30.1 Å². The second-order valence-corrected chi connectivity index (χ2v) is 5.13. The molecule has 1 fully saturated rings. The van der Waals surface area contributed by atoms with Crippen LogP contribution in [-0.2, 0) is 14.3 Å². The minimum absolute atomic E-state index is 0.0438. The highest BCUT2D eigenvalue weighted by atomic mass is 19.1. The molecule has 1 aliphatic rings. The van der Waals surface area contributed by atoms with E-state index in [1.807, 2.05) is 0 Å². The highest BCUT2D eigenvalue weighted by molar-refractivity contribution is 5.87. The van der Waals surface area contributed by atoms with Crippen LogP contribution < -0.4 is 4.74 Å². The van der Waals surface area contributed by atoms with Crippen molar-refractivity contribution in [2.24, 2.45) is 0 Å². The van der Waals surface area contributed by atoms with Crippen LogP contribution in [0.15, 0.2) is 24.3 Å². The number of halogens is 1. The predicted octanol–water partition coefficient (Wildman–Crippen LogP) is 1.29. The normalized spacial score (nSPS) is 22.4. The van der Waals surface area contributed by atoms with Gasteiger partial charge in [0.05, 0.1) is 6.10 Å². The standard InChI is InChI=1S/C15H18FNO5/c1-9(22-13-6-4-3-5-11(13)16)14(18)17-8-10(21-2)7-12(17)15(19)20/h3-6,9-10,12H,7-8H2,1-2H3,(H,19,20). The molecule has 0 aliphatic carbocycles. The molecule has 1 aliphatic heterocycles. The van der Waals surface area contributed by atoms with E-state index in [-0.39, 0.29) is 24.8 Å². The third-order valence-corrected chi connectivity index (χ3v) is 3.65. The van der Waals surface area contributed by atoms with Crippen molar-refractivity contribution in [2.75, 3.05) is 13.7 Å². The molecule has 0 saturated carbocycles. The number of nitrogens with zero attached hydrogens (tertiary/aromatic N) is 1. The van der Waals surface area contributed by atoms with E-state index in [0.717, 1.165) is 0 Å². The number of aliphatic carboxylic acids is 1. The van der Waals surface area contributed by atoms with Crippen molar-refractivity contribution < 1.29 is 28.6 Å². The quantitative estimate of drug-likeness (QED) is 0.887. The molecular weight excluding hydrogens is 293 g/mol. The fourth-order valence-electron chi connectivity index (χ4n) is 2.46. The van der Waals surface area contributed by atoms with Crippen molar-refractivity contribution >= 4 is 11.9 Å². The average molecular weight is 311 g/mol. The predicted molar refractivity (Wildman–Crippen MR) is 75.0 cm³/mol. The summed E-state index contributed by atoms with van der Waals surface area (Å²) in [5.41, 5.74) is 0. The van der Waals surface area contributed by atoms with Crippen LogP contribution in [0, 0.1) is 5.82 Å². The van der Waals surface area contributed by atoms with Crippen molar-refractivity contribution in [1.29, 1.82) is 0 Å². The summed E-state index contributed by atoms with van der Waals surface area (Å²) in [6.45, 7) is 1.64. The number of carbonyl (C=O) groups is 2. The molecule has 0 spiro atoms. The first-order valence-electron chi connectivity index (χ1n) is 6.91. The number of likely N-dealkylation sites (tertiary alicyclic amines) is 1. The number of hydrogen-bond donors (Lipinski definition) is 1. The average Bonchev–Trinajstić information content (AvgIpc) is 2.93. The summed E-state index contributed by atoms with van der Waals surface area (Å²) in [4.78, 5) is 24.9. The summed E-state index contributed by atoms with van der Waals surface area (Å²) in [6.07, 6.45) is -1.09. The van der Waals surface area contributed by atoms with Gasteiger partial charge >= 0.3 is 5.97 Å². The molecule has 120 valence electrons. The Morgan fingerprint density at radius 3 is 2.68 bits per heavy atom. The number of hydrogen-bond acceptors (Lipinski definition) is 4. The molecule has 1 amide bonds. The molecule has 1 aromatic carbocycles. The first-order chi connectivity index (χ1) is 10.4. The summed E-state index contributed by atoms with van der Waals surface area (Å²) in [5.74, 6) is -2.22. The Hall–Kier alpha value is -2.15. The van der Waals surface area contributed by atoms with Gasteiger partial charge in [-0.15, -0.1) is 0 Å². The fraction of sp³-hybridized carbons (Fsp3) is 0.467. The van der Waals surface area contributed by atoms with Gasteiger partial charge in [-0.1, -0.05) is 12.1 Å². The minimum Gasteiger partial charge on any atom is -0.480 e. The molecule has 0 aromatic heterocycles. The lowest BCUT2D eigenvalue weighted by molar-refractivity contribution is -0.151. The molecule has 1 aromatic rings. The number of ether oxygens (including phenoxy) is 2. The second-order valence-electron chi connectivity index (χ2n) is 5.13. The molecule has 22 heavy (non-hydrogen) atoms. The second kappa shape index (κ2) is 6.74. The number of para-hydroxylation sites is 1. The van der Waals surface area contributed by atoms with E-state index < -0.39 is 29.8 Å². The molecule has 3 unspecified atom stereocenters. The molecule has 3 atom stereocenters. The number of benzene rings is 1. The monoisotopic (exact) mass is 311 g/mol. The van der Waals surface area contributed by atoms with Gasteiger partial charge in [0, 0.05) is 20.1 Å². The van der Waals surface area contributed by atoms with Crippen molar-refractivity contribution in [3.8, 4) is 5.75 Å². The lowest BCUT2D eigenvalue weighted by atomic mass is 10.2. The van der Waals surface area contributed by atoms with Gasteiger partial charge in [0.25, 0.3) is 5.91 Å². The molecule has 0 bridgehead atoms. The van der Waals surface area contributed by atoms with Crippen LogP contribution in [-0.4, -0.2) is 53.8 Å². The number of carbonyl (C=O) groups excluding carboxylic acids is 1. The maximum Gasteiger partial charge on any atom is 0.326 e. The molecule has 0 radical (unpaired) electrons.